The standard InChI is InChI=1S/C20H25N5O2S/c1-6-11-23-18(27)15-9-7-8-10-16(15)25-19(23)21-22-20(25)28-12-17(26)24(13(2)3)14(4)5/h6-10,13-14H,1,11-12H2,2-5H3. The zero-order chi connectivity index (χ0) is 20.4. The molecule has 28 heavy (non-hydrogen) atoms. The summed E-state index contributed by atoms with van der Waals surface area (Å²) < 4.78 is 3.38. The van der Waals surface area contributed by atoms with Gasteiger partial charge in [-0.05, 0) is 39.8 Å². The lowest BCUT2D eigenvalue weighted by Crippen LogP contribution is -2.43. The van der Waals surface area contributed by atoms with Crippen LogP contribution in [-0.4, -0.2) is 47.8 Å². The highest BCUT2D eigenvalue weighted by Crippen LogP contribution is 2.22. The van der Waals surface area contributed by atoms with Crippen molar-refractivity contribution in [3.63, 3.8) is 0 Å². The third kappa shape index (κ3) is 3.56. The Labute approximate surface area is 168 Å². The van der Waals surface area contributed by atoms with Crippen LogP contribution in [0.25, 0.3) is 16.7 Å². The Morgan fingerprint density at radius 2 is 1.89 bits per heavy atom. The summed E-state index contributed by atoms with van der Waals surface area (Å²) in [5, 5.41) is 9.65. The molecule has 2 heterocycles. The van der Waals surface area contributed by atoms with Crippen LogP contribution in [0.15, 0.2) is 46.9 Å². The molecule has 0 atom stereocenters. The average molecular weight is 400 g/mol. The van der Waals surface area contributed by atoms with Crippen LogP contribution in [-0.2, 0) is 11.3 Å². The predicted octanol–water partition coefficient (Wildman–Crippen LogP) is 2.97. The predicted molar refractivity (Wildman–Crippen MR) is 113 cm³/mol. The summed E-state index contributed by atoms with van der Waals surface area (Å²) >= 11 is 1.33. The largest absolute Gasteiger partial charge is 0.337 e. The second-order valence-corrected chi connectivity index (χ2v) is 8.06. The molecule has 2 aromatic heterocycles. The van der Waals surface area contributed by atoms with Gasteiger partial charge in [0.1, 0.15) is 0 Å². The second kappa shape index (κ2) is 8.18. The molecule has 0 radical (unpaired) electrons. The fraction of sp³-hybridized carbons (Fsp3) is 0.400. The monoisotopic (exact) mass is 399 g/mol. The first-order valence-corrected chi connectivity index (χ1v) is 10.3. The Morgan fingerprint density at radius 3 is 2.54 bits per heavy atom. The summed E-state index contributed by atoms with van der Waals surface area (Å²) in [6.45, 7) is 12.1. The van der Waals surface area contributed by atoms with Gasteiger partial charge in [-0.25, -0.2) is 0 Å². The summed E-state index contributed by atoms with van der Waals surface area (Å²) in [7, 11) is 0. The van der Waals surface area contributed by atoms with Crippen molar-refractivity contribution in [1.82, 2.24) is 24.1 Å². The number of hydrogen-bond acceptors (Lipinski definition) is 5. The van der Waals surface area contributed by atoms with Crippen molar-refractivity contribution >= 4 is 34.3 Å². The number of carbonyl (C=O) groups excluding carboxylic acids is 1. The van der Waals surface area contributed by atoms with Crippen LogP contribution in [0.3, 0.4) is 0 Å². The maximum atomic E-state index is 12.8. The van der Waals surface area contributed by atoms with Crippen molar-refractivity contribution in [2.24, 2.45) is 0 Å². The lowest BCUT2D eigenvalue weighted by atomic mass is 10.2. The summed E-state index contributed by atoms with van der Waals surface area (Å²) in [4.78, 5) is 27.4. The van der Waals surface area contributed by atoms with Gasteiger partial charge < -0.3 is 4.90 Å². The van der Waals surface area contributed by atoms with Gasteiger partial charge in [-0.2, -0.15) is 0 Å². The Balaban J connectivity index is 2.05. The summed E-state index contributed by atoms with van der Waals surface area (Å²) in [6, 6.07) is 7.61. The van der Waals surface area contributed by atoms with Crippen molar-refractivity contribution in [3.05, 3.63) is 47.3 Å². The molecule has 0 unspecified atom stereocenters. The Hall–Kier alpha value is -2.61. The number of amides is 1. The first kappa shape index (κ1) is 20.1. The molecule has 3 rings (SSSR count). The van der Waals surface area contributed by atoms with E-state index in [0.29, 0.717) is 22.9 Å². The van der Waals surface area contributed by atoms with E-state index >= 15 is 0 Å². The van der Waals surface area contributed by atoms with Crippen LogP contribution in [0, 0.1) is 0 Å². The highest BCUT2D eigenvalue weighted by Gasteiger charge is 2.22. The number of para-hydroxylation sites is 1. The van der Waals surface area contributed by atoms with E-state index in [2.05, 4.69) is 16.8 Å². The zero-order valence-electron chi connectivity index (χ0n) is 16.6. The number of fused-ring (bicyclic) bond motifs is 3. The molecule has 0 saturated heterocycles. The highest BCUT2D eigenvalue weighted by molar-refractivity contribution is 7.99. The van der Waals surface area contributed by atoms with Gasteiger partial charge in [-0.15, -0.1) is 16.8 Å². The Bertz CT molecular complexity index is 1080. The number of hydrogen-bond donors (Lipinski definition) is 0. The molecule has 1 amide bonds. The van der Waals surface area contributed by atoms with Gasteiger partial charge in [0.15, 0.2) is 5.16 Å². The van der Waals surface area contributed by atoms with E-state index in [0.717, 1.165) is 5.52 Å². The smallest absolute Gasteiger partial charge is 0.263 e. The quantitative estimate of drug-likeness (QED) is 0.451. The van der Waals surface area contributed by atoms with Crippen molar-refractivity contribution in [1.29, 1.82) is 0 Å². The molecular formula is C20H25N5O2S. The van der Waals surface area contributed by atoms with Crippen LogP contribution in [0.2, 0.25) is 0 Å². The third-order valence-corrected chi connectivity index (χ3v) is 5.43. The van der Waals surface area contributed by atoms with Crippen LogP contribution in [0.1, 0.15) is 27.7 Å². The van der Waals surface area contributed by atoms with Crippen LogP contribution < -0.4 is 5.56 Å². The topological polar surface area (TPSA) is 72.5 Å². The fourth-order valence-electron chi connectivity index (χ4n) is 3.49. The molecule has 0 saturated carbocycles. The summed E-state index contributed by atoms with van der Waals surface area (Å²) in [5.41, 5.74) is 0.598. The minimum absolute atomic E-state index is 0.0514. The van der Waals surface area contributed by atoms with Gasteiger partial charge in [-0.1, -0.05) is 30.0 Å². The Morgan fingerprint density at radius 1 is 1.21 bits per heavy atom. The van der Waals surface area contributed by atoms with Gasteiger partial charge in [0, 0.05) is 18.6 Å². The number of rotatable bonds is 7. The average Bonchev–Trinajstić information content (AvgIpc) is 3.07. The van der Waals surface area contributed by atoms with Crippen molar-refractivity contribution in [3.8, 4) is 0 Å². The lowest BCUT2D eigenvalue weighted by molar-refractivity contribution is -0.131. The fourth-order valence-corrected chi connectivity index (χ4v) is 4.30. The molecule has 7 nitrogen and oxygen atoms in total. The van der Waals surface area contributed by atoms with Crippen LogP contribution in [0.4, 0.5) is 0 Å². The number of aromatic nitrogens is 4. The van der Waals surface area contributed by atoms with E-state index in [1.54, 1.807) is 16.7 Å². The first-order valence-electron chi connectivity index (χ1n) is 9.28. The third-order valence-electron chi connectivity index (χ3n) is 4.52. The molecule has 0 bridgehead atoms. The van der Waals surface area contributed by atoms with E-state index in [9.17, 15) is 9.59 Å². The molecular weight excluding hydrogens is 374 g/mol. The highest BCUT2D eigenvalue weighted by atomic mass is 32.2. The summed E-state index contributed by atoms with van der Waals surface area (Å²) in [6.07, 6.45) is 1.66. The minimum atomic E-state index is -0.131. The maximum Gasteiger partial charge on any atom is 0.263 e. The first-order chi connectivity index (χ1) is 13.4. The van der Waals surface area contributed by atoms with Crippen molar-refractivity contribution in [2.75, 3.05) is 5.75 Å². The lowest BCUT2D eigenvalue weighted by Gasteiger charge is -2.30. The SMILES string of the molecule is C=CCn1c(=O)c2ccccc2n2c(SCC(=O)N(C(C)C)C(C)C)nnc12. The molecule has 0 aliphatic carbocycles. The van der Waals surface area contributed by atoms with Gasteiger partial charge in [0.25, 0.3) is 5.56 Å². The van der Waals surface area contributed by atoms with Gasteiger partial charge in [0.05, 0.1) is 16.7 Å². The maximum absolute atomic E-state index is 12.8. The molecule has 1 aromatic carbocycles. The van der Waals surface area contributed by atoms with Gasteiger partial charge in [-0.3, -0.25) is 18.6 Å². The Kier molecular flexibility index (Phi) is 5.88. The number of thioether (sulfide) groups is 1. The normalized spacial score (nSPS) is 11.6. The van der Waals surface area contributed by atoms with E-state index in [4.69, 9.17) is 0 Å². The number of carbonyl (C=O) groups is 1. The number of allylic oxidation sites excluding steroid dienone is 1. The second-order valence-electron chi connectivity index (χ2n) is 7.12. The van der Waals surface area contributed by atoms with E-state index < -0.39 is 0 Å². The van der Waals surface area contributed by atoms with E-state index in [1.165, 1.54) is 11.8 Å². The van der Waals surface area contributed by atoms with Crippen LogP contribution >= 0.6 is 11.8 Å². The number of benzene rings is 1. The molecule has 0 fully saturated rings. The minimum Gasteiger partial charge on any atom is -0.337 e. The van der Waals surface area contributed by atoms with Crippen LogP contribution in [0.5, 0.6) is 0 Å². The molecule has 8 heteroatoms. The van der Waals surface area contributed by atoms with Crippen molar-refractivity contribution < 1.29 is 4.79 Å². The molecule has 0 aliphatic heterocycles. The number of nitrogens with zero attached hydrogens (tertiary/aromatic N) is 5. The molecule has 3 aromatic rings. The van der Waals surface area contributed by atoms with E-state index in [-0.39, 0.29) is 29.3 Å². The van der Waals surface area contributed by atoms with Gasteiger partial charge >= 0.3 is 0 Å². The molecule has 148 valence electrons. The molecule has 0 N–H and O–H groups in total. The van der Waals surface area contributed by atoms with Gasteiger partial charge in [0.2, 0.25) is 11.7 Å². The van der Waals surface area contributed by atoms with Crippen molar-refractivity contribution in [2.45, 2.75) is 51.5 Å². The molecule has 0 spiro atoms. The van der Waals surface area contributed by atoms with E-state index in [1.807, 2.05) is 55.2 Å². The summed E-state index contributed by atoms with van der Waals surface area (Å²) in [5.74, 6) is 0.755. The molecule has 0 aliphatic rings. The zero-order valence-corrected chi connectivity index (χ0v) is 17.4.